The van der Waals surface area contributed by atoms with Crippen LogP contribution in [-0.4, -0.2) is 29.8 Å². The zero-order valence-electron chi connectivity index (χ0n) is 24.9. The van der Waals surface area contributed by atoms with Crippen LogP contribution in [0.4, 0.5) is 4.79 Å². The first kappa shape index (κ1) is 34.7. The van der Waals surface area contributed by atoms with Crippen molar-refractivity contribution in [2.45, 2.75) is 188 Å². The van der Waals surface area contributed by atoms with E-state index >= 15 is 0 Å². The van der Waals surface area contributed by atoms with Crippen LogP contribution in [0.15, 0.2) is 0 Å². The molecule has 0 fully saturated rings. The number of hydrogen-bond donors (Lipinski definition) is 1. The molecule has 0 aliphatic carbocycles. The maximum Gasteiger partial charge on any atom is 0.408 e. The fourth-order valence-corrected chi connectivity index (χ4v) is 4.44. The van der Waals surface area contributed by atoms with Gasteiger partial charge >= 0.3 is 12.1 Å². The summed E-state index contributed by atoms with van der Waals surface area (Å²) in [6, 6.07) is -0.714. The van der Waals surface area contributed by atoms with Gasteiger partial charge in [-0.05, 0) is 53.4 Å². The Hall–Kier alpha value is -1.26. The van der Waals surface area contributed by atoms with Gasteiger partial charge in [-0.25, -0.2) is 9.59 Å². The third-order valence-corrected chi connectivity index (χ3v) is 6.63. The fraction of sp³-hybridized carbons (Fsp3) is 0.935. The SMILES string of the molecule is CCCCCCCCCCCCC(CCCCCCCCCC)OC(=O)[C@H](C)NC(=O)OC(C)(C)C. The van der Waals surface area contributed by atoms with Crippen molar-refractivity contribution in [3.8, 4) is 0 Å². The van der Waals surface area contributed by atoms with Crippen molar-refractivity contribution in [2.24, 2.45) is 0 Å². The first-order valence-corrected chi connectivity index (χ1v) is 15.4. The summed E-state index contributed by atoms with van der Waals surface area (Å²) in [7, 11) is 0. The molecule has 214 valence electrons. The highest BCUT2D eigenvalue weighted by Crippen LogP contribution is 2.18. The number of amides is 1. The van der Waals surface area contributed by atoms with Crippen LogP contribution in [0.5, 0.6) is 0 Å². The number of unbranched alkanes of at least 4 members (excludes halogenated alkanes) is 16. The topological polar surface area (TPSA) is 64.6 Å². The van der Waals surface area contributed by atoms with E-state index in [0.29, 0.717) is 0 Å². The summed E-state index contributed by atoms with van der Waals surface area (Å²) in [5.41, 5.74) is -0.595. The molecule has 0 spiro atoms. The highest BCUT2D eigenvalue weighted by atomic mass is 16.6. The maximum atomic E-state index is 12.7. The van der Waals surface area contributed by atoms with E-state index in [4.69, 9.17) is 9.47 Å². The predicted molar refractivity (Wildman–Crippen MR) is 152 cm³/mol. The van der Waals surface area contributed by atoms with Crippen molar-refractivity contribution < 1.29 is 19.1 Å². The number of hydrogen-bond acceptors (Lipinski definition) is 4. The zero-order valence-corrected chi connectivity index (χ0v) is 24.9. The van der Waals surface area contributed by atoms with Gasteiger partial charge in [-0.15, -0.1) is 0 Å². The van der Waals surface area contributed by atoms with E-state index in [1.54, 1.807) is 6.92 Å². The summed E-state index contributed by atoms with van der Waals surface area (Å²) in [5.74, 6) is -0.363. The Kier molecular flexibility index (Phi) is 22.1. The van der Waals surface area contributed by atoms with Crippen LogP contribution >= 0.6 is 0 Å². The molecule has 0 aromatic carbocycles. The van der Waals surface area contributed by atoms with Crippen LogP contribution in [0, 0.1) is 0 Å². The summed E-state index contributed by atoms with van der Waals surface area (Å²) in [4.78, 5) is 24.7. The highest BCUT2D eigenvalue weighted by molar-refractivity contribution is 5.81. The lowest BCUT2D eigenvalue weighted by Gasteiger charge is -2.23. The molecule has 0 rings (SSSR count). The lowest BCUT2D eigenvalue weighted by atomic mass is 10.0. The molecule has 0 aliphatic heterocycles. The Morgan fingerprint density at radius 3 is 1.36 bits per heavy atom. The molecule has 0 saturated carbocycles. The molecule has 0 saturated heterocycles. The van der Waals surface area contributed by atoms with Crippen LogP contribution in [0.3, 0.4) is 0 Å². The molecule has 0 aromatic rings. The van der Waals surface area contributed by atoms with Crippen molar-refractivity contribution >= 4 is 12.1 Å². The van der Waals surface area contributed by atoms with Gasteiger partial charge in [-0.2, -0.15) is 0 Å². The van der Waals surface area contributed by atoms with E-state index in [1.807, 2.05) is 20.8 Å². The number of ether oxygens (including phenoxy) is 2. The lowest BCUT2D eigenvalue weighted by molar-refractivity contribution is -0.152. The minimum atomic E-state index is -0.714. The molecular formula is C31H61NO4. The molecule has 5 nitrogen and oxygen atoms in total. The molecular weight excluding hydrogens is 450 g/mol. The Bertz CT molecular complexity index is 529. The van der Waals surface area contributed by atoms with Crippen molar-refractivity contribution in [1.29, 1.82) is 0 Å². The summed E-state index contributed by atoms with van der Waals surface area (Å²) >= 11 is 0. The molecule has 1 unspecified atom stereocenters. The second-order valence-corrected chi connectivity index (χ2v) is 11.7. The Morgan fingerprint density at radius 2 is 1.00 bits per heavy atom. The van der Waals surface area contributed by atoms with Gasteiger partial charge in [-0.1, -0.05) is 117 Å². The van der Waals surface area contributed by atoms with Crippen LogP contribution in [0.25, 0.3) is 0 Å². The number of nitrogens with one attached hydrogen (secondary N) is 1. The second-order valence-electron chi connectivity index (χ2n) is 11.7. The van der Waals surface area contributed by atoms with Crippen molar-refractivity contribution in [2.75, 3.05) is 0 Å². The van der Waals surface area contributed by atoms with E-state index in [-0.39, 0.29) is 12.1 Å². The van der Waals surface area contributed by atoms with Gasteiger partial charge in [0.2, 0.25) is 0 Å². The molecule has 0 radical (unpaired) electrons. The largest absolute Gasteiger partial charge is 0.461 e. The zero-order chi connectivity index (χ0) is 27.1. The third-order valence-electron chi connectivity index (χ3n) is 6.63. The molecule has 0 aromatic heterocycles. The molecule has 36 heavy (non-hydrogen) atoms. The number of rotatable bonds is 23. The summed E-state index contributed by atoms with van der Waals surface area (Å²) < 4.78 is 11.1. The second kappa shape index (κ2) is 22.9. The first-order valence-electron chi connectivity index (χ1n) is 15.4. The highest BCUT2D eigenvalue weighted by Gasteiger charge is 2.24. The third kappa shape index (κ3) is 23.2. The Morgan fingerprint density at radius 1 is 0.639 bits per heavy atom. The van der Waals surface area contributed by atoms with Gasteiger partial charge in [0.05, 0.1) is 0 Å². The smallest absolute Gasteiger partial charge is 0.408 e. The molecule has 0 aliphatic rings. The fourth-order valence-electron chi connectivity index (χ4n) is 4.44. The average molecular weight is 512 g/mol. The van der Waals surface area contributed by atoms with E-state index < -0.39 is 17.7 Å². The van der Waals surface area contributed by atoms with Gasteiger partial charge in [0.1, 0.15) is 17.7 Å². The van der Waals surface area contributed by atoms with Crippen molar-refractivity contribution in [3.63, 3.8) is 0 Å². The molecule has 0 heterocycles. The average Bonchev–Trinajstić information content (AvgIpc) is 2.80. The first-order chi connectivity index (χ1) is 17.2. The van der Waals surface area contributed by atoms with Crippen molar-refractivity contribution in [3.05, 3.63) is 0 Å². The van der Waals surface area contributed by atoms with Gasteiger partial charge in [0.25, 0.3) is 0 Å². The van der Waals surface area contributed by atoms with Crippen LogP contribution in [-0.2, 0) is 14.3 Å². The molecule has 5 heteroatoms. The minimum absolute atomic E-state index is 0.0606. The number of carbonyl (C=O) groups excluding carboxylic acids is 2. The van der Waals surface area contributed by atoms with Gasteiger partial charge in [0, 0.05) is 0 Å². The van der Waals surface area contributed by atoms with E-state index in [1.165, 1.54) is 103 Å². The van der Waals surface area contributed by atoms with Crippen LogP contribution < -0.4 is 5.32 Å². The van der Waals surface area contributed by atoms with Crippen LogP contribution in [0.1, 0.15) is 170 Å². The van der Waals surface area contributed by atoms with Crippen LogP contribution in [0.2, 0.25) is 0 Å². The number of alkyl carbamates (subject to hydrolysis) is 1. The molecule has 2 atom stereocenters. The summed E-state index contributed by atoms with van der Waals surface area (Å²) in [6.07, 6.45) is 24.4. The van der Waals surface area contributed by atoms with E-state index in [9.17, 15) is 9.59 Å². The lowest BCUT2D eigenvalue weighted by Crippen LogP contribution is -2.43. The minimum Gasteiger partial charge on any atom is -0.461 e. The van der Waals surface area contributed by atoms with Crippen molar-refractivity contribution in [1.82, 2.24) is 5.32 Å². The summed E-state index contributed by atoms with van der Waals surface area (Å²) in [6.45, 7) is 11.6. The molecule has 1 N–H and O–H groups in total. The van der Waals surface area contributed by atoms with Gasteiger partial charge in [0.15, 0.2) is 0 Å². The molecule has 0 bridgehead atoms. The monoisotopic (exact) mass is 511 g/mol. The Labute approximate surface area is 224 Å². The normalized spacial score (nSPS) is 13.3. The number of esters is 1. The standard InChI is InChI=1S/C31H61NO4/c1-7-9-11-13-15-17-18-20-22-24-26-28(25-23-21-19-16-14-12-10-8-2)35-29(33)27(3)32-30(34)36-31(4,5)6/h27-28H,7-26H2,1-6H3,(H,32,34)/t27-,28?/m0/s1. The summed E-state index contributed by atoms with van der Waals surface area (Å²) in [5, 5.41) is 2.62. The quantitative estimate of drug-likeness (QED) is 0.109. The maximum absolute atomic E-state index is 12.7. The van der Waals surface area contributed by atoms with E-state index in [2.05, 4.69) is 19.2 Å². The van der Waals surface area contributed by atoms with Gasteiger partial charge in [-0.3, -0.25) is 0 Å². The van der Waals surface area contributed by atoms with Gasteiger partial charge < -0.3 is 14.8 Å². The van der Waals surface area contributed by atoms with E-state index in [0.717, 1.165) is 25.7 Å². The Balaban J connectivity index is 4.37. The molecule has 1 amide bonds. The number of carbonyl (C=O) groups is 2. The predicted octanol–water partition coefficient (Wildman–Crippen LogP) is 9.65.